The number of nitrogens with one attached hydrogen (secondary N) is 1. The highest BCUT2D eigenvalue weighted by molar-refractivity contribution is 9.10. The number of hydrogen-bond acceptors (Lipinski definition) is 3. The van der Waals surface area contributed by atoms with Crippen molar-refractivity contribution in [2.75, 3.05) is 9.62 Å². The van der Waals surface area contributed by atoms with Crippen molar-refractivity contribution in [3.63, 3.8) is 0 Å². The highest BCUT2D eigenvalue weighted by atomic mass is 79.9. The van der Waals surface area contributed by atoms with Crippen LogP contribution in [0.3, 0.4) is 0 Å². The fourth-order valence-electron chi connectivity index (χ4n) is 3.42. The SMILES string of the molecule is O=C(Nc1ccc(Br)c(Cl)c1)c1ccccc1N(Cc1ccccc1)S(=O)(=O)c1ccccc1. The van der Waals surface area contributed by atoms with Crippen molar-refractivity contribution in [3.05, 3.63) is 124 Å². The van der Waals surface area contributed by atoms with Crippen molar-refractivity contribution in [2.45, 2.75) is 11.4 Å². The molecule has 0 spiro atoms. The number of sulfonamides is 1. The predicted molar refractivity (Wildman–Crippen MR) is 140 cm³/mol. The van der Waals surface area contributed by atoms with Crippen LogP contribution < -0.4 is 9.62 Å². The Kier molecular flexibility index (Phi) is 7.36. The number of carbonyl (C=O) groups is 1. The van der Waals surface area contributed by atoms with Gasteiger partial charge in [-0.05, 0) is 64.0 Å². The molecule has 0 radical (unpaired) electrons. The molecule has 172 valence electrons. The Bertz CT molecular complexity index is 1410. The summed E-state index contributed by atoms with van der Waals surface area (Å²) in [5.74, 6) is -0.449. The van der Waals surface area contributed by atoms with Gasteiger partial charge >= 0.3 is 0 Å². The zero-order chi connectivity index (χ0) is 24.1. The van der Waals surface area contributed by atoms with Crippen molar-refractivity contribution in [3.8, 4) is 0 Å². The summed E-state index contributed by atoms with van der Waals surface area (Å²) in [5.41, 5.74) is 1.78. The molecular formula is C26H20BrClN2O3S. The van der Waals surface area contributed by atoms with E-state index >= 15 is 0 Å². The van der Waals surface area contributed by atoms with Gasteiger partial charge in [-0.15, -0.1) is 0 Å². The van der Waals surface area contributed by atoms with Crippen LogP contribution in [0.25, 0.3) is 0 Å². The molecule has 0 aromatic heterocycles. The lowest BCUT2D eigenvalue weighted by atomic mass is 10.1. The molecule has 8 heteroatoms. The van der Waals surface area contributed by atoms with Crippen LogP contribution in [0.1, 0.15) is 15.9 Å². The molecule has 4 aromatic rings. The molecule has 4 aromatic carbocycles. The van der Waals surface area contributed by atoms with Crippen LogP contribution in [-0.2, 0) is 16.6 Å². The van der Waals surface area contributed by atoms with Crippen molar-refractivity contribution in [2.24, 2.45) is 0 Å². The van der Waals surface area contributed by atoms with E-state index < -0.39 is 15.9 Å². The Balaban J connectivity index is 1.77. The maximum absolute atomic E-state index is 13.7. The van der Waals surface area contributed by atoms with Crippen LogP contribution in [0.5, 0.6) is 0 Å². The molecule has 1 N–H and O–H groups in total. The molecule has 0 saturated heterocycles. The topological polar surface area (TPSA) is 66.5 Å². The molecule has 4 rings (SSSR count). The zero-order valence-electron chi connectivity index (χ0n) is 17.9. The summed E-state index contributed by atoms with van der Waals surface area (Å²) in [5, 5.41) is 3.26. The van der Waals surface area contributed by atoms with E-state index in [1.54, 1.807) is 72.8 Å². The molecule has 0 fully saturated rings. The number of hydrogen-bond donors (Lipinski definition) is 1. The number of halogens is 2. The van der Waals surface area contributed by atoms with E-state index in [1.165, 1.54) is 4.31 Å². The molecule has 0 unspecified atom stereocenters. The van der Waals surface area contributed by atoms with Crippen LogP contribution >= 0.6 is 27.5 Å². The van der Waals surface area contributed by atoms with Gasteiger partial charge in [-0.2, -0.15) is 0 Å². The second-order valence-electron chi connectivity index (χ2n) is 7.41. The van der Waals surface area contributed by atoms with Gasteiger partial charge in [-0.1, -0.05) is 72.3 Å². The monoisotopic (exact) mass is 554 g/mol. The summed E-state index contributed by atoms with van der Waals surface area (Å²) in [6, 6.07) is 29.1. The van der Waals surface area contributed by atoms with Gasteiger partial charge in [0.1, 0.15) is 0 Å². The maximum atomic E-state index is 13.7. The molecule has 0 aliphatic rings. The summed E-state index contributed by atoms with van der Waals surface area (Å²) in [6.45, 7) is 0.0620. The number of amides is 1. The van der Waals surface area contributed by atoms with E-state index in [0.29, 0.717) is 15.2 Å². The van der Waals surface area contributed by atoms with Gasteiger partial charge in [0, 0.05) is 10.2 Å². The standard InChI is InChI=1S/C26H20BrClN2O3S/c27-23-16-15-20(17-24(23)28)29-26(31)22-13-7-8-14-25(22)30(18-19-9-3-1-4-10-19)34(32,33)21-11-5-2-6-12-21/h1-17H,18H2,(H,29,31). The minimum absolute atomic E-state index is 0.0620. The van der Waals surface area contributed by atoms with Gasteiger partial charge in [-0.25, -0.2) is 8.42 Å². The second-order valence-corrected chi connectivity index (χ2v) is 10.5. The van der Waals surface area contributed by atoms with Gasteiger partial charge in [-0.3, -0.25) is 9.10 Å². The first-order valence-electron chi connectivity index (χ1n) is 10.3. The first-order valence-corrected chi connectivity index (χ1v) is 12.9. The van der Waals surface area contributed by atoms with E-state index in [9.17, 15) is 13.2 Å². The van der Waals surface area contributed by atoms with Gasteiger partial charge in [0.2, 0.25) is 0 Å². The van der Waals surface area contributed by atoms with E-state index in [4.69, 9.17) is 11.6 Å². The Morgan fingerprint density at radius 3 is 2.15 bits per heavy atom. The lowest BCUT2D eigenvalue weighted by Gasteiger charge is -2.26. The smallest absolute Gasteiger partial charge is 0.264 e. The summed E-state index contributed by atoms with van der Waals surface area (Å²) >= 11 is 9.49. The molecular weight excluding hydrogens is 536 g/mol. The lowest BCUT2D eigenvalue weighted by Crippen LogP contribution is -2.32. The van der Waals surface area contributed by atoms with Crippen LogP contribution in [-0.4, -0.2) is 14.3 Å². The summed E-state index contributed by atoms with van der Waals surface area (Å²) in [6.07, 6.45) is 0. The average molecular weight is 556 g/mol. The number of rotatable bonds is 7. The minimum atomic E-state index is -3.97. The van der Waals surface area contributed by atoms with Gasteiger partial charge < -0.3 is 5.32 Å². The molecule has 0 aliphatic carbocycles. The molecule has 0 atom stereocenters. The Labute approximate surface area is 212 Å². The molecule has 34 heavy (non-hydrogen) atoms. The number of anilines is 2. The normalized spacial score (nSPS) is 11.1. The molecule has 0 heterocycles. The zero-order valence-corrected chi connectivity index (χ0v) is 21.0. The van der Waals surface area contributed by atoms with E-state index in [2.05, 4.69) is 21.2 Å². The second kappa shape index (κ2) is 10.4. The van der Waals surface area contributed by atoms with Crippen molar-refractivity contribution in [1.29, 1.82) is 0 Å². The number of nitrogens with zero attached hydrogens (tertiary/aromatic N) is 1. The predicted octanol–water partition coefficient (Wildman–Crippen LogP) is 6.75. The highest BCUT2D eigenvalue weighted by Crippen LogP contribution is 2.31. The molecule has 0 aliphatic heterocycles. The highest BCUT2D eigenvalue weighted by Gasteiger charge is 2.28. The Morgan fingerprint density at radius 1 is 0.853 bits per heavy atom. The van der Waals surface area contributed by atoms with E-state index in [1.807, 2.05) is 30.3 Å². The average Bonchev–Trinajstić information content (AvgIpc) is 2.86. The summed E-state index contributed by atoms with van der Waals surface area (Å²) < 4.78 is 29.4. The van der Waals surface area contributed by atoms with Crippen LogP contribution in [0.2, 0.25) is 5.02 Å². The third-order valence-corrected chi connectivity index (χ3v) is 8.10. The molecule has 0 bridgehead atoms. The van der Waals surface area contributed by atoms with E-state index in [0.717, 1.165) is 5.56 Å². The Morgan fingerprint density at radius 2 is 1.47 bits per heavy atom. The van der Waals surface area contributed by atoms with Crippen molar-refractivity contribution in [1.82, 2.24) is 0 Å². The van der Waals surface area contributed by atoms with Crippen LogP contribution in [0.15, 0.2) is 112 Å². The molecule has 5 nitrogen and oxygen atoms in total. The summed E-state index contributed by atoms with van der Waals surface area (Å²) in [7, 11) is -3.97. The molecule has 0 saturated carbocycles. The number of benzene rings is 4. The maximum Gasteiger partial charge on any atom is 0.264 e. The quantitative estimate of drug-likeness (QED) is 0.274. The van der Waals surface area contributed by atoms with Crippen molar-refractivity contribution < 1.29 is 13.2 Å². The first-order chi connectivity index (χ1) is 16.4. The van der Waals surface area contributed by atoms with Crippen LogP contribution in [0.4, 0.5) is 11.4 Å². The van der Waals surface area contributed by atoms with Crippen molar-refractivity contribution >= 4 is 54.8 Å². The van der Waals surface area contributed by atoms with E-state index in [-0.39, 0.29) is 22.7 Å². The van der Waals surface area contributed by atoms with Crippen LogP contribution in [0, 0.1) is 0 Å². The summed E-state index contributed by atoms with van der Waals surface area (Å²) in [4.78, 5) is 13.4. The first kappa shape index (κ1) is 24.0. The Hall–Kier alpha value is -3.13. The largest absolute Gasteiger partial charge is 0.322 e. The number of carbonyl (C=O) groups excluding carboxylic acids is 1. The minimum Gasteiger partial charge on any atom is -0.322 e. The fourth-order valence-corrected chi connectivity index (χ4v) is 5.34. The third-order valence-electron chi connectivity index (χ3n) is 5.10. The van der Waals surface area contributed by atoms with Gasteiger partial charge in [0.05, 0.1) is 27.7 Å². The fraction of sp³-hybridized carbons (Fsp3) is 0.0385. The number of para-hydroxylation sites is 1. The van der Waals surface area contributed by atoms with Gasteiger partial charge in [0.15, 0.2) is 0 Å². The third kappa shape index (κ3) is 5.33. The molecule has 1 amide bonds. The van der Waals surface area contributed by atoms with Gasteiger partial charge in [0.25, 0.3) is 15.9 Å². The lowest BCUT2D eigenvalue weighted by molar-refractivity contribution is 0.102.